The highest BCUT2D eigenvalue weighted by Crippen LogP contribution is 2.35. The second-order valence-electron chi connectivity index (χ2n) is 10.5. The number of aliphatic carboxylic acids is 1. The van der Waals surface area contributed by atoms with Crippen LogP contribution in [-0.2, 0) is 16.1 Å². The predicted octanol–water partition coefficient (Wildman–Crippen LogP) is 4.35. The number of hydrogen-bond acceptors (Lipinski definition) is 8. The fraction of sp³-hybridized carbons (Fsp3) is 0.355. The molecule has 1 saturated heterocycles. The summed E-state index contributed by atoms with van der Waals surface area (Å²) in [5.74, 6) is -0.638. The van der Waals surface area contributed by atoms with Crippen molar-refractivity contribution in [1.82, 2.24) is 30.0 Å². The van der Waals surface area contributed by atoms with Crippen LogP contribution in [0.3, 0.4) is 0 Å². The molecule has 41 heavy (non-hydrogen) atoms. The Morgan fingerprint density at radius 2 is 1.73 bits per heavy atom. The number of nitrogens with zero attached hydrogens (tertiary/aromatic N) is 6. The van der Waals surface area contributed by atoms with Crippen molar-refractivity contribution < 1.29 is 19.7 Å². The van der Waals surface area contributed by atoms with Crippen molar-refractivity contribution in [3.05, 3.63) is 95.6 Å². The molecule has 10 nitrogen and oxygen atoms in total. The number of carbonyl (C=O) groups is 1. The summed E-state index contributed by atoms with van der Waals surface area (Å²) in [5.41, 5.74) is 4.03. The summed E-state index contributed by atoms with van der Waals surface area (Å²) in [6.45, 7) is 9.10. The molecule has 10 heteroatoms. The molecule has 1 aliphatic heterocycles. The van der Waals surface area contributed by atoms with Crippen molar-refractivity contribution in [2.75, 3.05) is 19.7 Å². The van der Waals surface area contributed by atoms with Gasteiger partial charge in [0.25, 0.3) is 6.23 Å². The topological polar surface area (TPSA) is 117 Å². The maximum atomic E-state index is 11.8. The highest BCUT2D eigenvalue weighted by molar-refractivity contribution is 5.71. The molecule has 1 aliphatic rings. The van der Waals surface area contributed by atoms with E-state index in [-0.39, 0.29) is 24.4 Å². The molecule has 0 saturated carbocycles. The lowest BCUT2D eigenvalue weighted by atomic mass is 9.92. The number of carboxylic acids is 1. The van der Waals surface area contributed by atoms with Crippen LogP contribution in [0.15, 0.2) is 78.9 Å². The molecule has 0 radical (unpaired) electrons. The van der Waals surface area contributed by atoms with E-state index in [0.29, 0.717) is 17.4 Å². The average molecular weight is 557 g/mol. The van der Waals surface area contributed by atoms with Crippen LogP contribution in [0.2, 0.25) is 0 Å². The number of aromatic hydroxyl groups is 1. The Kier molecular flexibility index (Phi) is 8.72. The van der Waals surface area contributed by atoms with E-state index < -0.39 is 12.2 Å². The quantitative estimate of drug-likeness (QED) is 0.294. The molecule has 214 valence electrons. The lowest BCUT2D eigenvalue weighted by Gasteiger charge is -2.47. The molecule has 1 aromatic heterocycles. The Bertz CT molecular complexity index is 1440. The molecule has 2 heterocycles. The molecular formula is C31H36N6O4. The standard InChI is InChI=1S/C31H36N6O4/c1-4-41-30(31(39)40)37-29(32-33-34-37)25-15-13-24(14-16-25)28(26-11-8-12-27(38)17-26)36-19-21(2)35(18-22(36)3)20-23-9-6-5-7-10-23/h5-17,21-22,28,30,38H,4,18-20H2,1-3H3,(H,39,40)/t21-,22+,28-,30?/m1/s1. The molecular weight excluding hydrogens is 520 g/mol. The number of benzene rings is 3. The van der Waals surface area contributed by atoms with Gasteiger partial charge in [0.1, 0.15) is 5.75 Å². The molecule has 1 fully saturated rings. The van der Waals surface area contributed by atoms with Gasteiger partial charge in [0.2, 0.25) is 0 Å². The van der Waals surface area contributed by atoms with Crippen LogP contribution in [0.25, 0.3) is 11.4 Å². The molecule has 0 spiro atoms. The summed E-state index contributed by atoms with van der Waals surface area (Å²) in [4.78, 5) is 16.8. The SMILES string of the molecule is CCOC(C(=O)O)n1nnnc1-c1ccc([C@H](c2cccc(O)c2)N2C[C@@H](C)N(Cc3ccccc3)C[C@@H]2C)cc1. The van der Waals surface area contributed by atoms with Crippen LogP contribution in [-0.4, -0.2) is 78.0 Å². The van der Waals surface area contributed by atoms with Gasteiger partial charge in [-0.1, -0.05) is 66.7 Å². The van der Waals surface area contributed by atoms with Crippen LogP contribution < -0.4 is 0 Å². The van der Waals surface area contributed by atoms with Gasteiger partial charge in [-0.05, 0) is 60.0 Å². The lowest BCUT2D eigenvalue weighted by molar-refractivity contribution is -0.157. The number of rotatable bonds is 10. The second kappa shape index (κ2) is 12.6. The van der Waals surface area contributed by atoms with E-state index >= 15 is 0 Å². The van der Waals surface area contributed by atoms with E-state index in [0.717, 1.165) is 30.8 Å². The van der Waals surface area contributed by atoms with E-state index in [1.54, 1.807) is 13.0 Å². The Morgan fingerprint density at radius 1 is 0.976 bits per heavy atom. The highest BCUT2D eigenvalue weighted by atomic mass is 16.5. The van der Waals surface area contributed by atoms with Gasteiger partial charge in [-0.3, -0.25) is 9.80 Å². The number of tetrazole rings is 1. The van der Waals surface area contributed by atoms with Crippen LogP contribution >= 0.6 is 0 Å². The number of aromatic nitrogens is 4. The molecule has 5 rings (SSSR count). The van der Waals surface area contributed by atoms with E-state index in [1.807, 2.05) is 48.5 Å². The summed E-state index contributed by atoms with van der Waals surface area (Å²) >= 11 is 0. The number of ether oxygens (including phenoxy) is 1. The Hall–Kier alpha value is -4.12. The summed E-state index contributed by atoms with van der Waals surface area (Å²) in [7, 11) is 0. The van der Waals surface area contributed by atoms with Crippen molar-refractivity contribution >= 4 is 5.97 Å². The Morgan fingerprint density at radius 3 is 2.41 bits per heavy atom. The Balaban J connectivity index is 1.44. The van der Waals surface area contributed by atoms with Crippen LogP contribution in [0.5, 0.6) is 5.75 Å². The fourth-order valence-corrected chi connectivity index (χ4v) is 5.65. The van der Waals surface area contributed by atoms with Gasteiger partial charge in [0.05, 0.1) is 6.04 Å². The van der Waals surface area contributed by atoms with Crippen LogP contribution in [0.1, 0.15) is 49.7 Å². The number of piperazine rings is 1. The smallest absolute Gasteiger partial charge is 0.356 e. The molecule has 3 aromatic carbocycles. The highest BCUT2D eigenvalue weighted by Gasteiger charge is 2.35. The van der Waals surface area contributed by atoms with Crippen molar-refractivity contribution in [2.24, 2.45) is 0 Å². The van der Waals surface area contributed by atoms with Gasteiger partial charge >= 0.3 is 5.97 Å². The lowest BCUT2D eigenvalue weighted by Crippen LogP contribution is -2.56. The Labute approximate surface area is 239 Å². The second-order valence-corrected chi connectivity index (χ2v) is 10.5. The fourth-order valence-electron chi connectivity index (χ4n) is 5.65. The average Bonchev–Trinajstić information content (AvgIpc) is 3.45. The number of phenolic OH excluding ortho intramolecular Hbond substituents is 1. The van der Waals surface area contributed by atoms with Crippen molar-refractivity contribution in [3.63, 3.8) is 0 Å². The monoisotopic (exact) mass is 556 g/mol. The molecule has 1 unspecified atom stereocenters. The first-order valence-corrected chi connectivity index (χ1v) is 13.9. The molecule has 0 amide bonds. The zero-order valence-electron chi connectivity index (χ0n) is 23.5. The first kappa shape index (κ1) is 28.4. The largest absolute Gasteiger partial charge is 0.508 e. The van der Waals surface area contributed by atoms with Gasteiger partial charge in [-0.25, -0.2) is 4.79 Å². The third-order valence-corrected chi connectivity index (χ3v) is 7.64. The predicted molar refractivity (Wildman–Crippen MR) is 154 cm³/mol. The van der Waals surface area contributed by atoms with E-state index in [4.69, 9.17) is 4.74 Å². The summed E-state index contributed by atoms with van der Waals surface area (Å²) in [5, 5.41) is 31.7. The third-order valence-electron chi connectivity index (χ3n) is 7.64. The maximum absolute atomic E-state index is 11.8. The molecule has 4 aromatic rings. The minimum Gasteiger partial charge on any atom is -0.508 e. The summed E-state index contributed by atoms with van der Waals surface area (Å²) in [6, 6.07) is 26.3. The minimum absolute atomic E-state index is 0.0985. The first-order valence-electron chi connectivity index (χ1n) is 13.9. The molecule has 0 bridgehead atoms. The molecule has 4 atom stereocenters. The number of hydrogen-bond donors (Lipinski definition) is 2. The van der Waals surface area contributed by atoms with Gasteiger partial charge in [0.15, 0.2) is 5.82 Å². The molecule has 0 aliphatic carbocycles. The van der Waals surface area contributed by atoms with Crippen molar-refractivity contribution in [1.29, 1.82) is 0 Å². The zero-order chi connectivity index (χ0) is 28.9. The van der Waals surface area contributed by atoms with Crippen molar-refractivity contribution in [3.8, 4) is 17.1 Å². The summed E-state index contributed by atoms with van der Waals surface area (Å²) < 4.78 is 6.56. The van der Waals surface area contributed by atoms with Gasteiger partial charge < -0.3 is 14.9 Å². The van der Waals surface area contributed by atoms with Gasteiger partial charge in [-0.15, -0.1) is 5.10 Å². The van der Waals surface area contributed by atoms with Crippen molar-refractivity contribution in [2.45, 2.75) is 51.7 Å². The van der Waals surface area contributed by atoms with E-state index in [9.17, 15) is 15.0 Å². The van der Waals surface area contributed by atoms with E-state index in [1.165, 1.54) is 10.2 Å². The summed E-state index contributed by atoms with van der Waals surface area (Å²) in [6.07, 6.45) is -1.32. The van der Waals surface area contributed by atoms with Gasteiger partial charge in [0, 0.05) is 43.9 Å². The zero-order valence-corrected chi connectivity index (χ0v) is 23.5. The normalized spacial score (nSPS) is 19.6. The van der Waals surface area contributed by atoms with Crippen LogP contribution in [0.4, 0.5) is 0 Å². The maximum Gasteiger partial charge on any atom is 0.356 e. The first-order chi connectivity index (χ1) is 19.9. The third kappa shape index (κ3) is 6.30. The van der Waals surface area contributed by atoms with Crippen LogP contribution in [0, 0.1) is 0 Å². The number of carboxylic acid groups (broad SMARTS) is 1. The molecule has 2 N–H and O–H groups in total. The number of phenols is 1. The van der Waals surface area contributed by atoms with E-state index in [2.05, 4.69) is 63.4 Å². The van der Waals surface area contributed by atoms with Gasteiger partial charge in [-0.2, -0.15) is 4.68 Å². The minimum atomic E-state index is -1.32.